The van der Waals surface area contributed by atoms with Gasteiger partial charge in [-0.1, -0.05) is 6.92 Å². The van der Waals surface area contributed by atoms with E-state index in [1.165, 1.54) is 0 Å². The van der Waals surface area contributed by atoms with Gasteiger partial charge in [0.1, 0.15) is 0 Å². The van der Waals surface area contributed by atoms with Gasteiger partial charge in [-0.2, -0.15) is 0 Å². The molecule has 0 aliphatic heterocycles. The fourth-order valence-corrected chi connectivity index (χ4v) is 1.19. The topological polar surface area (TPSA) is 41.6 Å². The first-order chi connectivity index (χ1) is 6.63. The Labute approximate surface area is 86.6 Å². The number of ether oxygens (including phenoxy) is 1. The van der Waals surface area contributed by atoms with Gasteiger partial charge in [0.15, 0.2) is 0 Å². The van der Waals surface area contributed by atoms with E-state index in [9.17, 15) is 4.79 Å². The van der Waals surface area contributed by atoms with Crippen LogP contribution >= 0.6 is 0 Å². The van der Waals surface area contributed by atoms with Gasteiger partial charge in [0.2, 0.25) is 5.91 Å². The number of hydrogen-bond donors (Lipinski definition) is 1. The third kappa shape index (κ3) is 5.19. The van der Waals surface area contributed by atoms with Crippen molar-refractivity contribution in [2.45, 2.75) is 26.8 Å². The molecule has 0 aliphatic carbocycles. The number of methoxy groups -OCH3 is 1. The Morgan fingerprint density at radius 2 is 2.14 bits per heavy atom. The Morgan fingerprint density at radius 3 is 2.57 bits per heavy atom. The predicted molar refractivity (Wildman–Crippen MR) is 57.3 cm³/mol. The molecule has 0 saturated carbocycles. The summed E-state index contributed by atoms with van der Waals surface area (Å²) < 4.78 is 4.96. The highest BCUT2D eigenvalue weighted by molar-refractivity contribution is 5.78. The molecule has 4 nitrogen and oxygen atoms in total. The van der Waals surface area contributed by atoms with Gasteiger partial charge < -0.3 is 15.0 Å². The van der Waals surface area contributed by atoms with Gasteiger partial charge in [-0.3, -0.25) is 4.79 Å². The van der Waals surface area contributed by atoms with Crippen molar-refractivity contribution in [3.05, 3.63) is 0 Å². The highest BCUT2D eigenvalue weighted by atomic mass is 16.5. The van der Waals surface area contributed by atoms with Crippen molar-refractivity contribution in [1.29, 1.82) is 0 Å². The number of likely N-dealkylation sites (N-methyl/N-ethyl adjacent to an activating group) is 1. The molecule has 0 bridgehead atoms. The molecule has 1 N–H and O–H groups in total. The quantitative estimate of drug-likeness (QED) is 0.653. The monoisotopic (exact) mass is 202 g/mol. The fraction of sp³-hybridized carbons (Fsp3) is 0.900. The first-order valence-corrected chi connectivity index (χ1v) is 5.12. The molecular formula is C10H22N2O2. The zero-order valence-corrected chi connectivity index (χ0v) is 9.67. The van der Waals surface area contributed by atoms with Crippen LogP contribution in [0, 0.1) is 0 Å². The van der Waals surface area contributed by atoms with Gasteiger partial charge in [-0.25, -0.2) is 0 Å². The molecule has 0 aromatic rings. The second kappa shape index (κ2) is 7.76. The first-order valence-electron chi connectivity index (χ1n) is 5.12. The Kier molecular flexibility index (Phi) is 7.42. The molecule has 0 spiro atoms. The van der Waals surface area contributed by atoms with Crippen molar-refractivity contribution in [2.24, 2.45) is 0 Å². The van der Waals surface area contributed by atoms with Crippen LogP contribution in [-0.2, 0) is 9.53 Å². The largest absolute Gasteiger partial charge is 0.383 e. The minimum absolute atomic E-state index is 0.138. The first kappa shape index (κ1) is 13.4. The maximum absolute atomic E-state index is 11.7. The van der Waals surface area contributed by atoms with Gasteiger partial charge in [0, 0.05) is 19.7 Å². The summed E-state index contributed by atoms with van der Waals surface area (Å²) in [6.45, 7) is 8.51. The van der Waals surface area contributed by atoms with Crippen LogP contribution in [0.4, 0.5) is 0 Å². The van der Waals surface area contributed by atoms with E-state index >= 15 is 0 Å². The summed E-state index contributed by atoms with van der Waals surface area (Å²) in [4.78, 5) is 13.5. The highest BCUT2D eigenvalue weighted by Gasteiger charge is 2.15. The lowest BCUT2D eigenvalue weighted by Gasteiger charge is -2.26. The average Bonchev–Trinajstić information content (AvgIpc) is 2.14. The minimum Gasteiger partial charge on any atom is -0.383 e. The third-order valence-corrected chi connectivity index (χ3v) is 2.01. The van der Waals surface area contributed by atoms with Gasteiger partial charge in [-0.05, 0) is 20.4 Å². The lowest BCUT2D eigenvalue weighted by molar-refractivity contribution is -0.132. The van der Waals surface area contributed by atoms with Crippen molar-refractivity contribution in [1.82, 2.24) is 10.2 Å². The molecule has 0 unspecified atom stereocenters. The number of carbonyl (C=O) groups is 1. The smallest absolute Gasteiger partial charge is 0.236 e. The molecule has 0 aliphatic rings. The Morgan fingerprint density at radius 1 is 1.50 bits per heavy atom. The summed E-state index contributed by atoms with van der Waals surface area (Å²) in [6, 6.07) is 0.233. The molecule has 0 radical (unpaired) electrons. The minimum atomic E-state index is 0.138. The molecule has 84 valence electrons. The van der Waals surface area contributed by atoms with E-state index in [0.29, 0.717) is 19.7 Å². The molecule has 14 heavy (non-hydrogen) atoms. The van der Waals surface area contributed by atoms with Crippen LogP contribution in [0.3, 0.4) is 0 Å². The van der Waals surface area contributed by atoms with Crippen molar-refractivity contribution in [3.63, 3.8) is 0 Å². The van der Waals surface area contributed by atoms with E-state index in [0.717, 1.165) is 6.54 Å². The Bertz CT molecular complexity index is 160. The molecule has 0 fully saturated rings. The molecule has 1 amide bonds. The predicted octanol–water partition coefficient (Wildman–Crippen LogP) is 0.479. The van der Waals surface area contributed by atoms with E-state index < -0.39 is 0 Å². The molecule has 0 aromatic carbocycles. The number of nitrogens with one attached hydrogen (secondary N) is 1. The van der Waals surface area contributed by atoms with Crippen molar-refractivity contribution >= 4 is 5.91 Å². The zero-order valence-electron chi connectivity index (χ0n) is 9.67. The number of nitrogens with zero attached hydrogens (tertiary/aromatic N) is 1. The van der Waals surface area contributed by atoms with E-state index in [1.807, 2.05) is 25.7 Å². The summed E-state index contributed by atoms with van der Waals surface area (Å²) in [5, 5.41) is 3.03. The Hall–Kier alpha value is -0.610. The third-order valence-electron chi connectivity index (χ3n) is 2.01. The standard InChI is InChI=1S/C10H22N2O2/c1-5-11-8-10(13)12(9(2)3)6-7-14-4/h9,11H,5-8H2,1-4H3. The van der Waals surface area contributed by atoms with Crippen LogP contribution in [0.25, 0.3) is 0 Å². The summed E-state index contributed by atoms with van der Waals surface area (Å²) in [6.07, 6.45) is 0. The maximum Gasteiger partial charge on any atom is 0.236 e. The normalized spacial score (nSPS) is 10.6. The van der Waals surface area contributed by atoms with Crippen LogP contribution in [-0.4, -0.2) is 50.2 Å². The molecule has 0 heterocycles. The summed E-state index contributed by atoms with van der Waals surface area (Å²) in [7, 11) is 1.65. The SMILES string of the molecule is CCNCC(=O)N(CCOC)C(C)C. The zero-order chi connectivity index (χ0) is 11.0. The van der Waals surface area contributed by atoms with Crippen LogP contribution in [0.1, 0.15) is 20.8 Å². The second-order valence-corrected chi connectivity index (χ2v) is 3.45. The van der Waals surface area contributed by atoms with Crippen LogP contribution in [0.5, 0.6) is 0 Å². The highest BCUT2D eigenvalue weighted by Crippen LogP contribution is 1.98. The van der Waals surface area contributed by atoms with E-state index in [4.69, 9.17) is 4.74 Å². The molecular weight excluding hydrogens is 180 g/mol. The second-order valence-electron chi connectivity index (χ2n) is 3.45. The number of rotatable bonds is 7. The van der Waals surface area contributed by atoms with Crippen LogP contribution in [0.15, 0.2) is 0 Å². The van der Waals surface area contributed by atoms with Gasteiger partial charge in [0.05, 0.1) is 13.2 Å². The number of carbonyl (C=O) groups excluding carboxylic acids is 1. The molecule has 0 rings (SSSR count). The van der Waals surface area contributed by atoms with Crippen molar-refractivity contribution < 1.29 is 9.53 Å². The van der Waals surface area contributed by atoms with Gasteiger partial charge in [0.25, 0.3) is 0 Å². The van der Waals surface area contributed by atoms with E-state index in [2.05, 4.69) is 5.32 Å². The fourth-order valence-electron chi connectivity index (χ4n) is 1.19. The summed E-state index contributed by atoms with van der Waals surface area (Å²) >= 11 is 0. The summed E-state index contributed by atoms with van der Waals surface area (Å²) in [5.41, 5.74) is 0. The van der Waals surface area contributed by atoms with Crippen molar-refractivity contribution in [2.75, 3.05) is 33.4 Å². The molecule has 4 heteroatoms. The number of amides is 1. The van der Waals surface area contributed by atoms with E-state index in [-0.39, 0.29) is 11.9 Å². The lowest BCUT2D eigenvalue weighted by atomic mass is 10.3. The summed E-state index contributed by atoms with van der Waals surface area (Å²) in [5.74, 6) is 0.138. The van der Waals surface area contributed by atoms with Crippen LogP contribution in [0.2, 0.25) is 0 Å². The number of hydrogen-bond acceptors (Lipinski definition) is 3. The lowest BCUT2D eigenvalue weighted by Crippen LogP contribution is -2.43. The molecule has 0 aromatic heterocycles. The average molecular weight is 202 g/mol. The van der Waals surface area contributed by atoms with Crippen LogP contribution < -0.4 is 5.32 Å². The van der Waals surface area contributed by atoms with E-state index in [1.54, 1.807) is 7.11 Å². The molecule has 0 atom stereocenters. The maximum atomic E-state index is 11.7. The molecule has 0 saturated heterocycles. The van der Waals surface area contributed by atoms with Gasteiger partial charge >= 0.3 is 0 Å². The Balaban J connectivity index is 3.98. The van der Waals surface area contributed by atoms with Crippen molar-refractivity contribution in [3.8, 4) is 0 Å². The van der Waals surface area contributed by atoms with Gasteiger partial charge in [-0.15, -0.1) is 0 Å².